The summed E-state index contributed by atoms with van der Waals surface area (Å²) in [6.45, 7) is 2.06. The molecule has 0 radical (unpaired) electrons. The number of nitrogens with one attached hydrogen (secondary N) is 1. The van der Waals surface area contributed by atoms with Gasteiger partial charge in [-0.25, -0.2) is 0 Å². The van der Waals surface area contributed by atoms with Crippen LogP contribution < -0.4 is 5.32 Å². The van der Waals surface area contributed by atoms with Crippen molar-refractivity contribution in [1.82, 2.24) is 15.5 Å². The number of nitrogens with zero attached hydrogens (tertiary/aromatic N) is 2. The summed E-state index contributed by atoms with van der Waals surface area (Å²) in [5.74, 6) is 1.79. The van der Waals surface area contributed by atoms with E-state index in [1.54, 1.807) is 7.11 Å². The van der Waals surface area contributed by atoms with Gasteiger partial charge in [-0.05, 0) is 26.3 Å². The molecule has 108 valence electrons. The molecule has 5 nitrogen and oxygen atoms in total. The van der Waals surface area contributed by atoms with Crippen LogP contribution in [0.4, 0.5) is 0 Å². The maximum Gasteiger partial charge on any atom is 0.231 e. The number of hydrogen-bond acceptors (Lipinski definition) is 5. The molecule has 1 heterocycles. The van der Waals surface area contributed by atoms with Gasteiger partial charge in [0.15, 0.2) is 0 Å². The Kier molecular flexibility index (Phi) is 5.34. The van der Waals surface area contributed by atoms with Crippen molar-refractivity contribution in [3.05, 3.63) is 11.7 Å². The van der Waals surface area contributed by atoms with Crippen molar-refractivity contribution in [3.63, 3.8) is 0 Å². The molecule has 0 aliphatic heterocycles. The Morgan fingerprint density at radius 3 is 2.84 bits per heavy atom. The molecule has 1 aromatic rings. The molecule has 0 spiro atoms. The molecule has 1 aliphatic carbocycles. The summed E-state index contributed by atoms with van der Waals surface area (Å²) >= 11 is 0. The highest BCUT2D eigenvalue weighted by molar-refractivity contribution is 5.01. The van der Waals surface area contributed by atoms with E-state index < -0.39 is 0 Å². The van der Waals surface area contributed by atoms with Crippen LogP contribution in [0, 0.1) is 0 Å². The lowest BCUT2D eigenvalue weighted by atomic mass is 9.95. The quantitative estimate of drug-likeness (QED) is 0.831. The van der Waals surface area contributed by atoms with Crippen LogP contribution in [-0.2, 0) is 4.74 Å². The smallest absolute Gasteiger partial charge is 0.231 e. The predicted molar refractivity (Wildman–Crippen MR) is 73.0 cm³/mol. The van der Waals surface area contributed by atoms with Crippen LogP contribution in [-0.4, -0.2) is 30.3 Å². The lowest BCUT2D eigenvalue weighted by molar-refractivity contribution is 0.0903. The van der Waals surface area contributed by atoms with Gasteiger partial charge in [0.25, 0.3) is 0 Å². The number of likely N-dealkylation sites (N-methyl/N-ethyl adjacent to an activating group) is 1. The molecule has 3 atom stereocenters. The second-order valence-electron chi connectivity index (χ2n) is 5.26. The van der Waals surface area contributed by atoms with Crippen LogP contribution in [0.15, 0.2) is 4.52 Å². The van der Waals surface area contributed by atoms with Crippen LogP contribution in [0.5, 0.6) is 0 Å². The fourth-order valence-corrected chi connectivity index (χ4v) is 2.93. The third-order valence-electron chi connectivity index (χ3n) is 4.10. The standard InChI is InChI=1S/C14H25N3O2/c1-4-12(18-3)13-16-14(19-17-13)10-8-6-5-7-9-11(10)15-2/h10-12,15H,4-9H2,1-3H3. The summed E-state index contributed by atoms with van der Waals surface area (Å²) in [6, 6.07) is 0.443. The molecule has 1 aliphatic rings. The van der Waals surface area contributed by atoms with Crippen molar-refractivity contribution in [1.29, 1.82) is 0 Å². The van der Waals surface area contributed by atoms with Gasteiger partial charge in [-0.2, -0.15) is 4.98 Å². The molecule has 1 aromatic heterocycles. The molecule has 1 N–H and O–H groups in total. The Morgan fingerprint density at radius 1 is 1.37 bits per heavy atom. The average molecular weight is 267 g/mol. The Hall–Kier alpha value is -0.940. The van der Waals surface area contributed by atoms with E-state index in [1.807, 2.05) is 7.05 Å². The minimum absolute atomic E-state index is 0.0590. The van der Waals surface area contributed by atoms with E-state index in [1.165, 1.54) is 25.7 Å². The van der Waals surface area contributed by atoms with Crippen molar-refractivity contribution in [2.75, 3.05) is 14.2 Å². The third-order valence-corrected chi connectivity index (χ3v) is 4.10. The predicted octanol–water partition coefficient (Wildman–Crippen LogP) is 2.80. The number of aromatic nitrogens is 2. The Morgan fingerprint density at radius 2 is 2.16 bits per heavy atom. The van der Waals surface area contributed by atoms with Crippen molar-refractivity contribution in [2.45, 2.75) is 63.5 Å². The summed E-state index contributed by atoms with van der Waals surface area (Å²) in [7, 11) is 3.70. The van der Waals surface area contributed by atoms with Gasteiger partial charge in [0.1, 0.15) is 6.10 Å². The highest BCUT2D eigenvalue weighted by Gasteiger charge is 2.29. The van der Waals surface area contributed by atoms with E-state index in [0.29, 0.717) is 17.8 Å². The molecule has 3 unspecified atom stereocenters. The second-order valence-corrected chi connectivity index (χ2v) is 5.26. The largest absolute Gasteiger partial charge is 0.373 e. The molecule has 0 saturated heterocycles. The number of methoxy groups -OCH3 is 1. The van der Waals surface area contributed by atoms with Crippen molar-refractivity contribution in [3.8, 4) is 0 Å². The maximum absolute atomic E-state index is 5.50. The first-order valence-electron chi connectivity index (χ1n) is 7.33. The van der Waals surface area contributed by atoms with Crippen LogP contribution in [0.3, 0.4) is 0 Å². The fourth-order valence-electron chi connectivity index (χ4n) is 2.93. The average Bonchev–Trinajstić information content (AvgIpc) is 2.78. The summed E-state index contributed by atoms with van der Waals surface area (Å²) in [5, 5.41) is 7.49. The molecule has 0 amide bonds. The van der Waals surface area contributed by atoms with Crippen LogP contribution >= 0.6 is 0 Å². The minimum atomic E-state index is -0.0590. The first-order valence-corrected chi connectivity index (χ1v) is 7.33. The Balaban J connectivity index is 2.15. The fraction of sp³-hybridized carbons (Fsp3) is 0.857. The number of hydrogen-bond donors (Lipinski definition) is 1. The van der Waals surface area contributed by atoms with E-state index in [-0.39, 0.29) is 6.10 Å². The van der Waals surface area contributed by atoms with E-state index in [0.717, 1.165) is 18.7 Å². The summed E-state index contributed by atoms with van der Waals surface area (Å²) in [5.41, 5.74) is 0. The highest BCUT2D eigenvalue weighted by atomic mass is 16.5. The first-order chi connectivity index (χ1) is 9.30. The van der Waals surface area contributed by atoms with Crippen LogP contribution in [0.1, 0.15) is 69.2 Å². The van der Waals surface area contributed by atoms with Crippen molar-refractivity contribution < 1.29 is 9.26 Å². The summed E-state index contributed by atoms with van der Waals surface area (Å²) in [6.07, 6.45) is 6.91. The Bertz CT molecular complexity index is 377. The van der Waals surface area contributed by atoms with Gasteiger partial charge in [-0.1, -0.05) is 31.3 Å². The molecule has 5 heteroatoms. The molecule has 0 aromatic carbocycles. The van der Waals surface area contributed by atoms with Gasteiger partial charge in [-0.15, -0.1) is 0 Å². The minimum Gasteiger partial charge on any atom is -0.373 e. The van der Waals surface area contributed by atoms with Crippen LogP contribution in [0.2, 0.25) is 0 Å². The second kappa shape index (κ2) is 7.01. The lowest BCUT2D eigenvalue weighted by Gasteiger charge is -2.21. The maximum atomic E-state index is 5.50. The monoisotopic (exact) mass is 267 g/mol. The molecule has 19 heavy (non-hydrogen) atoms. The molecule has 1 fully saturated rings. The van der Waals surface area contributed by atoms with E-state index in [2.05, 4.69) is 22.4 Å². The summed E-state index contributed by atoms with van der Waals surface area (Å²) in [4.78, 5) is 4.57. The third kappa shape index (κ3) is 3.34. The van der Waals surface area contributed by atoms with Gasteiger partial charge in [0.2, 0.25) is 11.7 Å². The molecular formula is C14H25N3O2. The number of ether oxygens (including phenoxy) is 1. The van der Waals surface area contributed by atoms with E-state index in [4.69, 9.17) is 9.26 Å². The molecule has 0 bridgehead atoms. The number of rotatable bonds is 5. The molecular weight excluding hydrogens is 242 g/mol. The molecule has 1 saturated carbocycles. The summed E-state index contributed by atoms with van der Waals surface area (Å²) < 4.78 is 10.9. The zero-order valence-electron chi connectivity index (χ0n) is 12.2. The van der Waals surface area contributed by atoms with Gasteiger partial charge in [0.05, 0.1) is 5.92 Å². The van der Waals surface area contributed by atoms with Crippen LogP contribution in [0.25, 0.3) is 0 Å². The van der Waals surface area contributed by atoms with Gasteiger partial charge < -0.3 is 14.6 Å². The van der Waals surface area contributed by atoms with Gasteiger partial charge in [0, 0.05) is 13.2 Å². The van der Waals surface area contributed by atoms with Gasteiger partial charge in [-0.3, -0.25) is 0 Å². The van der Waals surface area contributed by atoms with Gasteiger partial charge >= 0.3 is 0 Å². The van der Waals surface area contributed by atoms with E-state index >= 15 is 0 Å². The Labute approximate surface area is 115 Å². The van der Waals surface area contributed by atoms with Crippen molar-refractivity contribution >= 4 is 0 Å². The van der Waals surface area contributed by atoms with E-state index in [9.17, 15) is 0 Å². The zero-order valence-corrected chi connectivity index (χ0v) is 12.2. The normalized spacial score (nSPS) is 26.1. The van der Waals surface area contributed by atoms with Crippen molar-refractivity contribution in [2.24, 2.45) is 0 Å². The lowest BCUT2D eigenvalue weighted by Crippen LogP contribution is -2.31. The SMILES string of the molecule is CCC(OC)c1noc(C2CCCCCC2NC)n1. The highest BCUT2D eigenvalue weighted by Crippen LogP contribution is 2.31. The first kappa shape index (κ1) is 14.5. The topological polar surface area (TPSA) is 60.2 Å². The molecule has 2 rings (SSSR count). The zero-order chi connectivity index (χ0) is 13.7.